The Bertz CT molecular complexity index is 1230. The highest BCUT2D eigenvalue weighted by Gasteiger charge is 2.36. The molecule has 3 aromatic rings. The topological polar surface area (TPSA) is 113 Å². The number of fused-ring (bicyclic) bond motifs is 1. The van der Waals surface area contributed by atoms with Crippen LogP contribution in [0, 0.1) is 18.3 Å². The van der Waals surface area contributed by atoms with Crippen LogP contribution in [0.25, 0.3) is 5.82 Å². The minimum atomic E-state index is -0.118. The van der Waals surface area contributed by atoms with E-state index in [2.05, 4.69) is 31.5 Å². The Morgan fingerprint density at radius 1 is 1.26 bits per heavy atom. The molecule has 2 saturated heterocycles. The largest absolute Gasteiger partial charge is 0.370 e. The molecule has 34 heavy (non-hydrogen) atoms. The Labute approximate surface area is 201 Å². The highest BCUT2D eigenvalue weighted by molar-refractivity contribution is 6.31. The molecule has 0 spiro atoms. The summed E-state index contributed by atoms with van der Waals surface area (Å²) in [7, 11) is 0. The number of halogens is 1. The number of hydrogen-bond acceptors (Lipinski definition) is 8. The van der Waals surface area contributed by atoms with Gasteiger partial charge in [0.25, 0.3) is 0 Å². The normalized spacial score (nSPS) is 20.6. The molecule has 4 heterocycles. The molecule has 2 atom stereocenters. The van der Waals surface area contributed by atoms with Crippen molar-refractivity contribution in [3.63, 3.8) is 0 Å². The number of pyridine rings is 1. The van der Waals surface area contributed by atoms with E-state index in [0.29, 0.717) is 42.5 Å². The fourth-order valence-electron chi connectivity index (χ4n) is 4.59. The molecule has 2 aliphatic heterocycles. The smallest absolute Gasteiger partial charge is 0.227 e. The molecule has 0 bridgehead atoms. The van der Waals surface area contributed by atoms with E-state index >= 15 is 0 Å². The van der Waals surface area contributed by atoms with E-state index in [1.54, 1.807) is 18.3 Å². The number of nitriles is 1. The molecule has 0 radical (unpaired) electrons. The number of nitrogens with zero attached hydrogens (tertiary/aromatic N) is 8. The van der Waals surface area contributed by atoms with Crippen LogP contribution in [-0.4, -0.2) is 79.7 Å². The van der Waals surface area contributed by atoms with Gasteiger partial charge in [-0.2, -0.15) is 9.94 Å². The molecule has 2 aromatic heterocycles. The number of aromatic nitrogens is 5. The third-order valence-electron chi connectivity index (χ3n) is 6.51. The summed E-state index contributed by atoms with van der Waals surface area (Å²) in [6.45, 7) is 5.25. The number of carbonyl (C=O) groups is 1. The van der Waals surface area contributed by atoms with Crippen LogP contribution in [0.4, 0.5) is 0 Å². The van der Waals surface area contributed by atoms with Crippen LogP contribution >= 0.6 is 11.6 Å². The number of benzene rings is 1. The maximum absolute atomic E-state index is 12.9. The van der Waals surface area contributed by atoms with Crippen LogP contribution in [0.5, 0.6) is 0 Å². The van der Waals surface area contributed by atoms with Crippen molar-refractivity contribution in [1.29, 1.82) is 5.26 Å². The molecule has 2 aliphatic rings. The summed E-state index contributed by atoms with van der Waals surface area (Å²) in [6, 6.07) is 9.71. The standard InChI is InChI=1S/C23H23ClN8O2/c1-15-18(3-4-20(24)19(15)9-25)21-12-30-6-7-31(11-17(30)13-34-21)23(33)8-16-2-5-22(26-10-16)32-14-27-28-29-32/h2-5,10,14,17,21H,6-8,11-13H2,1H3/t17-,21-/m0/s1. The Hall–Kier alpha value is -3.39. The van der Waals surface area contributed by atoms with E-state index in [1.165, 1.54) is 11.0 Å². The predicted octanol–water partition coefficient (Wildman–Crippen LogP) is 1.72. The quantitative estimate of drug-likeness (QED) is 0.557. The molecule has 0 aliphatic carbocycles. The van der Waals surface area contributed by atoms with Gasteiger partial charge in [-0.05, 0) is 46.2 Å². The highest BCUT2D eigenvalue weighted by atomic mass is 35.5. The van der Waals surface area contributed by atoms with Gasteiger partial charge < -0.3 is 9.64 Å². The van der Waals surface area contributed by atoms with Crippen LogP contribution in [0.1, 0.15) is 28.4 Å². The van der Waals surface area contributed by atoms with Gasteiger partial charge in [-0.15, -0.1) is 5.10 Å². The van der Waals surface area contributed by atoms with Crippen LogP contribution in [0.3, 0.4) is 0 Å². The molecular weight excluding hydrogens is 456 g/mol. The SMILES string of the molecule is Cc1c([C@@H]2CN3CCN(C(=O)Cc4ccc(-n5cnnn5)nc4)C[C@H]3CO2)ccc(Cl)c1C#N. The summed E-state index contributed by atoms with van der Waals surface area (Å²) < 4.78 is 7.65. The van der Waals surface area contributed by atoms with Crippen molar-refractivity contribution in [3.8, 4) is 11.9 Å². The van der Waals surface area contributed by atoms with Crippen molar-refractivity contribution in [3.05, 3.63) is 64.1 Å². The molecule has 1 aromatic carbocycles. The zero-order valence-electron chi connectivity index (χ0n) is 18.6. The first kappa shape index (κ1) is 22.4. The first-order chi connectivity index (χ1) is 16.5. The van der Waals surface area contributed by atoms with E-state index in [4.69, 9.17) is 16.3 Å². The summed E-state index contributed by atoms with van der Waals surface area (Å²) in [5, 5.41) is 20.9. The summed E-state index contributed by atoms with van der Waals surface area (Å²) in [5.74, 6) is 0.674. The molecule has 0 N–H and O–H groups in total. The zero-order valence-corrected chi connectivity index (χ0v) is 19.4. The van der Waals surface area contributed by atoms with E-state index in [0.717, 1.165) is 29.8 Å². The first-order valence-corrected chi connectivity index (χ1v) is 11.4. The fourth-order valence-corrected chi connectivity index (χ4v) is 4.84. The van der Waals surface area contributed by atoms with Gasteiger partial charge >= 0.3 is 0 Å². The Balaban J connectivity index is 1.19. The fraction of sp³-hybridized carbons (Fsp3) is 0.391. The average Bonchev–Trinajstić information content (AvgIpc) is 3.39. The van der Waals surface area contributed by atoms with Crippen LogP contribution < -0.4 is 0 Å². The van der Waals surface area contributed by atoms with Gasteiger partial charge in [-0.25, -0.2) is 4.98 Å². The van der Waals surface area contributed by atoms with Gasteiger partial charge in [0.1, 0.15) is 12.4 Å². The monoisotopic (exact) mass is 478 g/mol. The van der Waals surface area contributed by atoms with Crippen molar-refractivity contribution < 1.29 is 9.53 Å². The summed E-state index contributed by atoms with van der Waals surface area (Å²) in [4.78, 5) is 21.6. The number of morpholine rings is 1. The minimum Gasteiger partial charge on any atom is -0.370 e. The number of tetrazole rings is 1. The summed E-state index contributed by atoms with van der Waals surface area (Å²) in [6.07, 6.45) is 3.33. The van der Waals surface area contributed by atoms with Crippen LogP contribution in [0.15, 0.2) is 36.8 Å². The minimum absolute atomic E-state index is 0.0750. The maximum atomic E-state index is 12.9. The van der Waals surface area contributed by atoms with Gasteiger partial charge in [-0.1, -0.05) is 23.7 Å². The Morgan fingerprint density at radius 2 is 2.15 bits per heavy atom. The lowest BCUT2D eigenvalue weighted by atomic mass is 9.96. The zero-order chi connectivity index (χ0) is 23.7. The van der Waals surface area contributed by atoms with Crippen LogP contribution in [-0.2, 0) is 16.0 Å². The van der Waals surface area contributed by atoms with Gasteiger partial charge in [0.05, 0.1) is 35.8 Å². The molecule has 2 fully saturated rings. The Morgan fingerprint density at radius 3 is 2.88 bits per heavy atom. The van der Waals surface area contributed by atoms with Crippen molar-refractivity contribution >= 4 is 17.5 Å². The van der Waals surface area contributed by atoms with Crippen LogP contribution in [0.2, 0.25) is 5.02 Å². The van der Waals surface area contributed by atoms with Gasteiger partial charge in [0.15, 0.2) is 5.82 Å². The van der Waals surface area contributed by atoms with E-state index < -0.39 is 0 Å². The second-order valence-corrected chi connectivity index (χ2v) is 8.92. The van der Waals surface area contributed by atoms with Gasteiger partial charge in [0, 0.05) is 32.4 Å². The third-order valence-corrected chi connectivity index (χ3v) is 6.83. The molecule has 0 unspecified atom stereocenters. The van der Waals surface area contributed by atoms with E-state index in [-0.39, 0.29) is 18.1 Å². The number of carbonyl (C=O) groups excluding carboxylic acids is 1. The van der Waals surface area contributed by atoms with Gasteiger partial charge in [0.2, 0.25) is 5.91 Å². The number of ether oxygens (including phenoxy) is 1. The molecule has 5 rings (SSSR count). The van der Waals surface area contributed by atoms with Crippen molar-refractivity contribution in [2.75, 3.05) is 32.8 Å². The number of rotatable bonds is 4. The average molecular weight is 479 g/mol. The highest BCUT2D eigenvalue weighted by Crippen LogP contribution is 2.32. The maximum Gasteiger partial charge on any atom is 0.227 e. The molecule has 11 heteroatoms. The lowest BCUT2D eigenvalue weighted by Crippen LogP contribution is -2.59. The second-order valence-electron chi connectivity index (χ2n) is 8.51. The predicted molar refractivity (Wildman–Crippen MR) is 122 cm³/mol. The van der Waals surface area contributed by atoms with E-state index in [1.807, 2.05) is 24.0 Å². The summed E-state index contributed by atoms with van der Waals surface area (Å²) in [5.41, 5.74) is 3.21. The van der Waals surface area contributed by atoms with Crippen molar-refractivity contribution in [2.45, 2.75) is 25.5 Å². The first-order valence-electron chi connectivity index (χ1n) is 11.0. The lowest BCUT2D eigenvalue weighted by molar-refractivity contribution is -0.139. The lowest BCUT2D eigenvalue weighted by Gasteiger charge is -2.46. The molecule has 1 amide bonds. The Kier molecular flexibility index (Phi) is 6.24. The molecular formula is C23H23ClN8O2. The van der Waals surface area contributed by atoms with Gasteiger partial charge in [-0.3, -0.25) is 9.69 Å². The summed E-state index contributed by atoms with van der Waals surface area (Å²) >= 11 is 6.16. The number of hydrogen-bond donors (Lipinski definition) is 0. The van der Waals surface area contributed by atoms with Crippen molar-refractivity contribution in [2.24, 2.45) is 0 Å². The second kappa shape index (κ2) is 9.46. The number of amides is 1. The molecule has 174 valence electrons. The molecule has 0 saturated carbocycles. The molecule has 10 nitrogen and oxygen atoms in total. The third kappa shape index (κ3) is 4.37. The number of piperazine rings is 1. The van der Waals surface area contributed by atoms with Crippen molar-refractivity contribution in [1.82, 2.24) is 35.0 Å². The van der Waals surface area contributed by atoms with E-state index in [9.17, 15) is 10.1 Å².